The van der Waals surface area contributed by atoms with E-state index in [2.05, 4.69) is 54.6 Å². The van der Waals surface area contributed by atoms with Gasteiger partial charge in [0.05, 0.1) is 12.2 Å². The van der Waals surface area contributed by atoms with Crippen molar-refractivity contribution < 1.29 is 9.47 Å². The fourth-order valence-electron chi connectivity index (χ4n) is 4.72. The molecule has 0 spiro atoms. The van der Waals surface area contributed by atoms with Crippen LogP contribution in [0.15, 0.2) is 59.5 Å². The van der Waals surface area contributed by atoms with Crippen LogP contribution >= 0.6 is 11.8 Å². The Morgan fingerprint density at radius 1 is 0.880 bits per heavy atom. The normalized spacial score (nSPS) is 33.5. The maximum Gasteiger partial charge on any atom is 0.154 e. The van der Waals surface area contributed by atoms with Crippen LogP contribution in [0.2, 0.25) is 0 Å². The van der Waals surface area contributed by atoms with Crippen molar-refractivity contribution in [2.75, 3.05) is 0 Å². The van der Waals surface area contributed by atoms with E-state index >= 15 is 0 Å². The minimum atomic E-state index is 0.130. The summed E-state index contributed by atoms with van der Waals surface area (Å²) < 4.78 is 13.2. The van der Waals surface area contributed by atoms with Crippen LogP contribution in [0.1, 0.15) is 43.8 Å². The molecule has 1 saturated heterocycles. The molecular formula is C22H24O2S. The lowest BCUT2D eigenvalue weighted by molar-refractivity contribution is -0.150. The fraction of sp³-hybridized carbons (Fsp3) is 0.455. The van der Waals surface area contributed by atoms with Gasteiger partial charge in [0.25, 0.3) is 0 Å². The van der Waals surface area contributed by atoms with Gasteiger partial charge < -0.3 is 9.47 Å². The van der Waals surface area contributed by atoms with Crippen molar-refractivity contribution in [2.24, 2.45) is 11.8 Å². The molecule has 5 rings (SSSR count). The SMILES string of the molecule is c1ccc(S[C@@H]2Oc3ccccc3[C@@H]3O[C@@H]4CCCC[C@H]4C[C@H]23)cc1. The van der Waals surface area contributed by atoms with Gasteiger partial charge in [0, 0.05) is 16.4 Å². The molecule has 2 nitrogen and oxygen atoms in total. The molecule has 0 bridgehead atoms. The van der Waals surface area contributed by atoms with E-state index in [-0.39, 0.29) is 11.5 Å². The summed E-state index contributed by atoms with van der Waals surface area (Å²) in [5.41, 5.74) is 1.38. The lowest BCUT2D eigenvalue weighted by atomic mass is 9.74. The Morgan fingerprint density at radius 2 is 1.68 bits per heavy atom. The number of ether oxygens (including phenoxy) is 2. The van der Waals surface area contributed by atoms with Gasteiger partial charge in [-0.05, 0) is 43.4 Å². The molecule has 3 aliphatic rings. The van der Waals surface area contributed by atoms with Crippen LogP contribution in [-0.2, 0) is 4.74 Å². The lowest BCUT2D eigenvalue weighted by Gasteiger charge is -2.48. The van der Waals surface area contributed by atoms with Crippen LogP contribution in [0.25, 0.3) is 0 Å². The Labute approximate surface area is 153 Å². The summed E-state index contributed by atoms with van der Waals surface area (Å²) in [7, 11) is 0. The highest BCUT2D eigenvalue weighted by molar-refractivity contribution is 7.99. The molecule has 2 aliphatic heterocycles. The van der Waals surface area contributed by atoms with E-state index < -0.39 is 0 Å². The molecule has 0 N–H and O–H groups in total. The summed E-state index contributed by atoms with van der Waals surface area (Å²) >= 11 is 1.85. The van der Waals surface area contributed by atoms with Gasteiger partial charge >= 0.3 is 0 Å². The van der Waals surface area contributed by atoms with Gasteiger partial charge in [-0.2, -0.15) is 0 Å². The number of hydrogen-bond acceptors (Lipinski definition) is 3. The first-order valence-corrected chi connectivity index (χ1v) is 10.4. The molecule has 3 heteroatoms. The molecule has 1 saturated carbocycles. The lowest BCUT2D eigenvalue weighted by Crippen LogP contribution is -2.45. The van der Waals surface area contributed by atoms with Crippen molar-refractivity contribution in [1.82, 2.24) is 0 Å². The number of fused-ring (bicyclic) bond motifs is 4. The Balaban J connectivity index is 1.48. The zero-order chi connectivity index (χ0) is 16.6. The second-order valence-corrected chi connectivity index (χ2v) is 8.67. The van der Waals surface area contributed by atoms with Crippen LogP contribution in [0.5, 0.6) is 5.75 Å². The molecule has 2 aromatic rings. The van der Waals surface area contributed by atoms with E-state index in [1.165, 1.54) is 42.6 Å². The van der Waals surface area contributed by atoms with Crippen molar-refractivity contribution in [3.63, 3.8) is 0 Å². The minimum absolute atomic E-state index is 0.130. The fourth-order valence-corrected chi connectivity index (χ4v) is 5.89. The quantitative estimate of drug-likeness (QED) is 0.677. The van der Waals surface area contributed by atoms with Crippen LogP contribution in [0.3, 0.4) is 0 Å². The van der Waals surface area contributed by atoms with Gasteiger partial charge in [-0.1, -0.05) is 61.0 Å². The molecule has 0 unspecified atom stereocenters. The van der Waals surface area contributed by atoms with E-state index in [0.717, 1.165) is 5.75 Å². The van der Waals surface area contributed by atoms with Crippen LogP contribution in [-0.4, -0.2) is 11.5 Å². The standard InChI is InChI=1S/C22H24O2S/c1-2-9-16(10-3-1)25-22-18-14-15-8-4-6-12-19(15)23-21(18)17-11-5-7-13-20(17)24-22/h1-3,5,7,9-11,13,15,18-19,21-22H,4,6,8,12,14H2/t15-,18-,19+,21-,22-/m0/s1. The third kappa shape index (κ3) is 2.98. The first kappa shape index (κ1) is 15.8. The number of benzene rings is 2. The number of hydrogen-bond donors (Lipinski definition) is 0. The molecule has 0 radical (unpaired) electrons. The molecule has 5 atom stereocenters. The maximum absolute atomic E-state index is 6.70. The van der Waals surface area contributed by atoms with Crippen LogP contribution in [0.4, 0.5) is 0 Å². The average Bonchev–Trinajstić information content (AvgIpc) is 2.68. The van der Waals surface area contributed by atoms with Gasteiger partial charge in [-0.15, -0.1) is 0 Å². The van der Waals surface area contributed by atoms with Gasteiger partial charge in [0.2, 0.25) is 0 Å². The summed E-state index contributed by atoms with van der Waals surface area (Å²) in [6.07, 6.45) is 7.09. The van der Waals surface area contributed by atoms with E-state index in [9.17, 15) is 0 Å². The molecular weight excluding hydrogens is 328 g/mol. The number of thioether (sulfide) groups is 1. The number of rotatable bonds is 2. The van der Waals surface area contributed by atoms with Crippen LogP contribution in [0, 0.1) is 11.8 Å². The Hall–Kier alpha value is -1.45. The second kappa shape index (κ2) is 6.69. The van der Waals surface area contributed by atoms with Gasteiger partial charge in [-0.25, -0.2) is 0 Å². The Bertz CT molecular complexity index is 732. The summed E-state index contributed by atoms with van der Waals surface area (Å²) in [6.45, 7) is 0. The van der Waals surface area contributed by atoms with E-state index in [1.54, 1.807) is 0 Å². The van der Waals surface area contributed by atoms with Crippen LogP contribution < -0.4 is 4.74 Å². The minimum Gasteiger partial charge on any atom is -0.479 e. The maximum atomic E-state index is 6.70. The van der Waals surface area contributed by atoms with Gasteiger partial charge in [0.1, 0.15) is 5.75 Å². The molecule has 1 aliphatic carbocycles. The topological polar surface area (TPSA) is 18.5 Å². The molecule has 0 amide bonds. The summed E-state index contributed by atoms with van der Waals surface area (Å²) in [5, 5.41) is 0. The first-order chi connectivity index (χ1) is 12.4. The summed E-state index contributed by atoms with van der Waals surface area (Å²) in [6, 6.07) is 19.1. The average molecular weight is 352 g/mol. The molecule has 2 heterocycles. The van der Waals surface area contributed by atoms with Crippen molar-refractivity contribution >= 4 is 11.8 Å². The first-order valence-electron chi connectivity index (χ1n) is 9.51. The summed E-state index contributed by atoms with van der Waals surface area (Å²) in [4.78, 5) is 1.27. The predicted octanol–water partition coefficient (Wildman–Crippen LogP) is 5.83. The van der Waals surface area contributed by atoms with Gasteiger partial charge in [-0.3, -0.25) is 0 Å². The zero-order valence-corrected chi connectivity index (χ0v) is 15.2. The third-order valence-electron chi connectivity index (χ3n) is 5.94. The monoisotopic (exact) mass is 352 g/mol. The highest BCUT2D eigenvalue weighted by atomic mass is 32.2. The molecule has 25 heavy (non-hydrogen) atoms. The summed E-state index contributed by atoms with van der Waals surface area (Å²) in [5.74, 6) is 2.15. The van der Waals surface area contributed by atoms with Crippen molar-refractivity contribution in [1.29, 1.82) is 0 Å². The van der Waals surface area contributed by atoms with E-state index in [4.69, 9.17) is 9.47 Å². The molecule has 2 aromatic carbocycles. The van der Waals surface area contributed by atoms with Crippen molar-refractivity contribution in [3.8, 4) is 5.75 Å². The number of para-hydroxylation sites is 1. The van der Waals surface area contributed by atoms with Crippen molar-refractivity contribution in [3.05, 3.63) is 60.2 Å². The smallest absolute Gasteiger partial charge is 0.154 e. The Morgan fingerprint density at radius 3 is 2.60 bits per heavy atom. The zero-order valence-electron chi connectivity index (χ0n) is 14.3. The second-order valence-electron chi connectivity index (χ2n) is 7.49. The van der Waals surface area contributed by atoms with Gasteiger partial charge in [0.15, 0.2) is 5.44 Å². The largest absolute Gasteiger partial charge is 0.479 e. The van der Waals surface area contributed by atoms with E-state index in [1.807, 2.05) is 11.8 Å². The molecule has 130 valence electrons. The Kier molecular flexibility index (Phi) is 4.23. The molecule has 2 fully saturated rings. The highest BCUT2D eigenvalue weighted by Crippen LogP contribution is 2.53. The highest BCUT2D eigenvalue weighted by Gasteiger charge is 2.47. The molecule has 0 aromatic heterocycles. The van der Waals surface area contributed by atoms with Crippen molar-refractivity contribution in [2.45, 2.75) is 54.6 Å². The third-order valence-corrected chi connectivity index (χ3v) is 7.16. The predicted molar refractivity (Wildman–Crippen MR) is 101 cm³/mol. The van der Waals surface area contributed by atoms with E-state index in [0.29, 0.717) is 17.9 Å².